The quantitative estimate of drug-likeness (QED) is 0.773. The van der Waals surface area contributed by atoms with Crippen LogP contribution in [0.1, 0.15) is 18.9 Å². The maximum absolute atomic E-state index is 5.97. The molecule has 0 fully saturated rings. The van der Waals surface area contributed by atoms with E-state index < -0.39 is 0 Å². The van der Waals surface area contributed by atoms with Gasteiger partial charge in [-0.25, -0.2) is 0 Å². The average molecular weight is 320 g/mol. The molecule has 0 spiro atoms. The zero-order valence-corrected chi connectivity index (χ0v) is 12.8. The van der Waals surface area contributed by atoms with Gasteiger partial charge >= 0.3 is 0 Å². The van der Waals surface area contributed by atoms with E-state index in [4.69, 9.17) is 11.6 Å². The fourth-order valence-electron chi connectivity index (χ4n) is 1.60. The van der Waals surface area contributed by atoms with Gasteiger partial charge in [0.25, 0.3) is 0 Å². The maximum Gasteiger partial charge on any atom is 0.0548 e. The Hall–Kier alpha value is -0.0900. The summed E-state index contributed by atoms with van der Waals surface area (Å²) in [6, 6.07) is 6.09. The van der Waals surface area contributed by atoms with Gasteiger partial charge < -0.3 is 10.2 Å². The van der Waals surface area contributed by atoms with Crippen LogP contribution in [0.5, 0.6) is 0 Å². The second-order valence-electron chi connectivity index (χ2n) is 4.24. The number of hydrogen-bond donors (Lipinski definition) is 1. The minimum absolute atomic E-state index is 0.765. The van der Waals surface area contributed by atoms with Crippen molar-refractivity contribution in [3.8, 4) is 0 Å². The highest BCUT2D eigenvalue weighted by Gasteiger charge is 2.02. The van der Waals surface area contributed by atoms with Crippen molar-refractivity contribution in [3.63, 3.8) is 0 Å². The third kappa shape index (κ3) is 5.87. The zero-order chi connectivity index (χ0) is 12.7. The Bertz CT molecular complexity index is 344. The summed E-state index contributed by atoms with van der Waals surface area (Å²) in [6.45, 7) is 6.32. The van der Waals surface area contributed by atoms with Crippen LogP contribution in [0.3, 0.4) is 0 Å². The van der Waals surface area contributed by atoms with E-state index in [-0.39, 0.29) is 0 Å². The van der Waals surface area contributed by atoms with E-state index in [0.717, 1.165) is 35.7 Å². The van der Waals surface area contributed by atoms with E-state index in [0.29, 0.717) is 0 Å². The van der Waals surface area contributed by atoms with E-state index in [1.807, 2.05) is 6.07 Å². The highest BCUT2D eigenvalue weighted by atomic mass is 79.9. The maximum atomic E-state index is 5.97. The van der Waals surface area contributed by atoms with Crippen LogP contribution in [0.15, 0.2) is 22.7 Å². The number of likely N-dealkylation sites (N-methyl/N-ethyl adjacent to an activating group) is 1. The lowest BCUT2D eigenvalue weighted by Crippen LogP contribution is -2.29. The lowest BCUT2D eigenvalue weighted by Gasteiger charge is -2.17. The normalized spacial score (nSPS) is 11.1. The average Bonchev–Trinajstić information content (AvgIpc) is 2.30. The van der Waals surface area contributed by atoms with Gasteiger partial charge in [0.05, 0.1) is 5.02 Å². The summed E-state index contributed by atoms with van der Waals surface area (Å²) < 4.78 is 0.967. The minimum Gasteiger partial charge on any atom is -0.315 e. The van der Waals surface area contributed by atoms with E-state index in [1.165, 1.54) is 12.0 Å². The summed E-state index contributed by atoms with van der Waals surface area (Å²) in [5.74, 6) is 0. The molecule has 0 saturated carbocycles. The second kappa shape index (κ2) is 8.09. The van der Waals surface area contributed by atoms with Gasteiger partial charge in [0.2, 0.25) is 0 Å². The Labute approximate surface area is 117 Å². The molecule has 0 aliphatic carbocycles. The molecular weight excluding hydrogens is 300 g/mol. The molecule has 1 aromatic rings. The van der Waals surface area contributed by atoms with E-state index in [9.17, 15) is 0 Å². The molecule has 96 valence electrons. The molecule has 0 aliphatic rings. The van der Waals surface area contributed by atoms with Gasteiger partial charge in [0.15, 0.2) is 0 Å². The minimum atomic E-state index is 0.765. The van der Waals surface area contributed by atoms with Crippen LogP contribution in [-0.2, 0) is 6.54 Å². The number of halogens is 2. The van der Waals surface area contributed by atoms with Crippen LogP contribution in [0.4, 0.5) is 0 Å². The monoisotopic (exact) mass is 318 g/mol. The Kier molecular flexibility index (Phi) is 7.12. The summed E-state index contributed by atoms with van der Waals surface area (Å²) in [4.78, 5) is 2.30. The van der Waals surface area contributed by atoms with Crippen molar-refractivity contribution in [2.75, 3.05) is 26.7 Å². The summed E-state index contributed by atoms with van der Waals surface area (Å²) in [5.41, 5.74) is 1.28. The highest BCUT2D eigenvalue weighted by Crippen LogP contribution is 2.23. The smallest absolute Gasteiger partial charge is 0.0548 e. The lowest BCUT2D eigenvalue weighted by molar-refractivity contribution is 0.324. The van der Waals surface area contributed by atoms with Gasteiger partial charge in [0.1, 0.15) is 0 Å². The molecule has 17 heavy (non-hydrogen) atoms. The van der Waals surface area contributed by atoms with Crippen molar-refractivity contribution in [2.45, 2.75) is 19.9 Å². The SMILES string of the molecule is CCCNCCN(C)Cc1ccc(Cl)c(Br)c1. The van der Waals surface area contributed by atoms with Crippen molar-refractivity contribution < 1.29 is 0 Å². The molecule has 0 aliphatic heterocycles. The van der Waals surface area contributed by atoms with Gasteiger partial charge in [-0.1, -0.05) is 24.6 Å². The van der Waals surface area contributed by atoms with Crippen LogP contribution in [0, 0.1) is 0 Å². The molecule has 1 rings (SSSR count). The molecule has 2 nitrogen and oxygen atoms in total. The fourth-order valence-corrected chi connectivity index (χ4v) is 2.14. The number of benzene rings is 1. The third-order valence-corrected chi connectivity index (χ3v) is 3.75. The van der Waals surface area contributed by atoms with Crippen LogP contribution in [0.25, 0.3) is 0 Å². The summed E-state index contributed by atoms with van der Waals surface area (Å²) >= 11 is 9.41. The molecule has 4 heteroatoms. The van der Waals surface area contributed by atoms with E-state index in [2.05, 4.69) is 52.3 Å². The van der Waals surface area contributed by atoms with Crippen molar-refractivity contribution in [3.05, 3.63) is 33.3 Å². The molecule has 1 N–H and O–H groups in total. The molecule has 0 aromatic heterocycles. The van der Waals surface area contributed by atoms with Crippen LogP contribution in [-0.4, -0.2) is 31.6 Å². The third-order valence-electron chi connectivity index (χ3n) is 2.53. The molecule has 0 heterocycles. The first kappa shape index (κ1) is 15.0. The molecule has 1 aromatic carbocycles. The van der Waals surface area contributed by atoms with Gasteiger partial charge in [-0.2, -0.15) is 0 Å². The molecule has 0 atom stereocenters. The van der Waals surface area contributed by atoms with Crippen molar-refractivity contribution >= 4 is 27.5 Å². The highest BCUT2D eigenvalue weighted by molar-refractivity contribution is 9.10. The largest absolute Gasteiger partial charge is 0.315 e. The Morgan fingerprint density at radius 1 is 1.35 bits per heavy atom. The lowest BCUT2D eigenvalue weighted by atomic mass is 10.2. The van der Waals surface area contributed by atoms with Crippen molar-refractivity contribution in [1.82, 2.24) is 10.2 Å². The van der Waals surface area contributed by atoms with E-state index >= 15 is 0 Å². The zero-order valence-electron chi connectivity index (χ0n) is 10.5. The van der Waals surface area contributed by atoms with Crippen molar-refractivity contribution in [2.24, 2.45) is 0 Å². The summed E-state index contributed by atoms with van der Waals surface area (Å²) in [6.07, 6.45) is 1.19. The predicted molar refractivity (Wildman–Crippen MR) is 78.6 cm³/mol. The van der Waals surface area contributed by atoms with Crippen LogP contribution < -0.4 is 5.32 Å². The molecule has 0 unspecified atom stereocenters. The predicted octanol–water partition coefficient (Wildman–Crippen LogP) is 3.53. The molecule has 0 radical (unpaired) electrons. The fraction of sp³-hybridized carbons (Fsp3) is 0.538. The van der Waals surface area contributed by atoms with Crippen molar-refractivity contribution in [1.29, 1.82) is 0 Å². The molecule has 0 saturated heterocycles. The van der Waals surface area contributed by atoms with E-state index in [1.54, 1.807) is 0 Å². The molecular formula is C13H20BrClN2. The first-order chi connectivity index (χ1) is 8.13. The molecule has 0 bridgehead atoms. The Balaban J connectivity index is 2.34. The number of hydrogen-bond acceptors (Lipinski definition) is 2. The van der Waals surface area contributed by atoms with Gasteiger partial charge in [-0.3, -0.25) is 0 Å². The van der Waals surface area contributed by atoms with Crippen LogP contribution >= 0.6 is 27.5 Å². The number of rotatable bonds is 7. The number of nitrogens with zero attached hydrogens (tertiary/aromatic N) is 1. The summed E-state index contributed by atoms with van der Waals surface area (Å²) in [7, 11) is 2.14. The summed E-state index contributed by atoms with van der Waals surface area (Å²) in [5, 5.41) is 4.17. The topological polar surface area (TPSA) is 15.3 Å². The first-order valence-electron chi connectivity index (χ1n) is 5.96. The van der Waals surface area contributed by atoms with Gasteiger partial charge in [-0.05, 0) is 53.6 Å². The van der Waals surface area contributed by atoms with Crippen LogP contribution in [0.2, 0.25) is 5.02 Å². The standard InChI is InChI=1S/C13H20BrClN2/c1-3-6-16-7-8-17(2)10-11-4-5-13(15)12(14)9-11/h4-5,9,16H,3,6-8,10H2,1-2H3. The number of nitrogens with one attached hydrogen (secondary N) is 1. The molecule has 0 amide bonds. The Morgan fingerprint density at radius 3 is 2.76 bits per heavy atom. The van der Waals surface area contributed by atoms with Gasteiger partial charge in [0, 0.05) is 24.1 Å². The van der Waals surface area contributed by atoms with Gasteiger partial charge in [-0.15, -0.1) is 0 Å². The Morgan fingerprint density at radius 2 is 2.12 bits per heavy atom. The second-order valence-corrected chi connectivity index (χ2v) is 5.50. The first-order valence-corrected chi connectivity index (χ1v) is 7.13.